The third kappa shape index (κ3) is 4.76. The van der Waals surface area contributed by atoms with Gasteiger partial charge >= 0.3 is 0 Å². The molecular formula is C15H26N4OS. The first-order valence-electron chi connectivity index (χ1n) is 7.74. The number of hydrogen-bond donors (Lipinski definition) is 2. The Bertz CT molecular complexity index is 460. The highest BCUT2D eigenvalue weighted by Gasteiger charge is 2.25. The van der Waals surface area contributed by atoms with Crippen LogP contribution in [0.25, 0.3) is 0 Å². The molecule has 0 spiro atoms. The van der Waals surface area contributed by atoms with Crippen LogP contribution in [-0.2, 0) is 11.3 Å². The average Bonchev–Trinajstić information content (AvgIpc) is 2.94. The molecule has 6 heteroatoms. The Labute approximate surface area is 130 Å². The van der Waals surface area contributed by atoms with Gasteiger partial charge in [0.2, 0.25) is 5.91 Å². The maximum Gasteiger partial charge on any atom is 0.224 e. The maximum absolute atomic E-state index is 12.0. The molecule has 0 aliphatic carbocycles. The summed E-state index contributed by atoms with van der Waals surface area (Å²) in [4.78, 5) is 19.1. The van der Waals surface area contributed by atoms with Crippen LogP contribution in [-0.4, -0.2) is 42.0 Å². The van der Waals surface area contributed by atoms with E-state index in [0.717, 1.165) is 38.2 Å². The number of amides is 1. The van der Waals surface area contributed by atoms with E-state index in [2.05, 4.69) is 34.4 Å². The first-order valence-corrected chi connectivity index (χ1v) is 8.62. The van der Waals surface area contributed by atoms with Crippen molar-refractivity contribution in [2.24, 2.45) is 11.7 Å². The molecule has 2 rings (SSSR count). The summed E-state index contributed by atoms with van der Waals surface area (Å²) in [7, 11) is 0. The van der Waals surface area contributed by atoms with E-state index in [4.69, 9.17) is 5.73 Å². The number of nitrogens with two attached hydrogens (primary N) is 1. The summed E-state index contributed by atoms with van der Waals surface area (Å²) in [6.45, 7) is 8.13. The van der Waals surface area contributed by atoms with E-state index >= 15 is 0 Å². The van der Waals surface area contributed by atoms with Crippen molar-refractivity contribution in [2.75, 3.05) is 26.2 Å². The van der Waals surface area contributed by atoms with E-state index in [9.17, 15) is 4.79 Å². The van der Waals surface area contributed by atoms with E-state index in [1.165, 1.54) is 5.01 Å². The Balaban J connectivity index is 1.87. The average molecular weight is 310 g/mol. The van der Waals surface area contributed by atoms with Gasteiger partial charge in [-0.15, -0.1) is 11.3 Å². The second-order valence-corrected chi connectivity index (χ2v) is 6.88. The lowest BCUT2D eigenvalue weighted by atomic mass is 9.97. The number of carbonyl (C=O) groups is 1. The zero-order valence-electron chi connectivity index (χ0n) is 13.0. The van der Waals surface area contributed by atoms with Crippen LogP contribution in [0.15, 0.2) is 5.38 Å². The van der Waals surface area contributed by atoms with Gasteiger partial charge in [-0.2, -0.15) is 0 Å². The van der Waals surface area contributed by atoms with Crippen LogP contribution in [0.5, 0.6) is 0 Å². The van der Waals surface area contributed by atoms with E-state index < -0.39 is 0 Å². The zero-order valence-corrected chi connectivity index (χ0v) is 13.8. The van der Waals surface area contributed by atoms with Gasteiger partial charge in [0, 0.05) is 37.5 Å². The smallest absolute Gasteiger partial charge is 0.224 e. The monoisotopic (exact) mass is 310 g/mol. The van der Waals surface area contributed by atoms with Crippen molar-refractivity contribution in [3.8, 4) is 0 Å². The van der Waals surface area contributed by atoms with Crippen molar-refractivity contribution in [1.82, 2.24) is 15.2 Å². The minimum Gasteiger partial charge on any atom is -0.355 e. The topological polar surface area (TPSA) is 71.2 Å². The molecule has 2 heterocycles. The van der Waals surface area contributed by atoms with Crippen molar-refractivity contribution in [1.29, 1.82) is 0 Å². The fraction of sp³-hybridized carbons (Fsp3) is 0.733. The number of carbonyl (C=O) groups excluding carboxylic acids is 1. The number of hydrogen-bond acceptors (Lipinski definition) is 5. The van der Waals surface area contributed by atoms with Crippen molar-refractivity contribution in [3.05, 3.63) is 16.1 Å². The minimum absolute atomic E-state index is 0.0912. The molecule has 1 amide bonds. The number of likely N-dealkylation sites (tertiary alicyclic amines) is 1. The molecule has 0 bridgehead atoms. The maximum atomic E-state index is 12.0. The lowest BCUT2D eigenvalue weighted by Crippen LogP contribution is -2.43. The largest absolute Gasteiger partial charge is 0.355 e. The molecule has 1 atom stereocenters. The third-order valence-electron chi connectivity index (χ3n) is 3.77. The van der Waals surface area contributed by atoms with Gasteiger partial charge in [-0.05, 0) is 19.4 Å². The lowest BCUT2D eigenvalue weighted by Gasteiger charge is -2.31. The van der Waals surface area contributed by atoms with Gasteiger partial charge in [-0.1, -0.05) is 13.8 Å². The fourth-order valence-corrected chi connectivity index (χ4v) is 3.47. The Hall–Kier alpha value is -0.980. The minimum atomic E-state index is 0.0912. The van der Waals surface area contributed by atoms with Crippen LogP contribution >= 0.6 is 11.3 Å². The van der Waals surface area contributed by atoms with Gasteiger partial charge in [0.05, 0.1) is 16.6 Å². The van der Waals surface area contributed by atoms with Gasteiger partial charge in [0.1, 0.15) is 0 Å². The van der Waals surface area contributed by atoms with E-state index in [0.29, 0.717) is 19.0 Å². The van der Waals surface area contributed by atoms with Gasteiger partial charge in [0.25, 0.3) is 0 Å². The number of nitrogens with zero attached hydrogens (tertiary/aromatic N) is 2. The van der Waals surface area contributed by atoms with Crippen LogP contribution in [0.1, 0.15) is 43.3 Å². The predicted octanol–water partition coefficient (Wildman–Crippen LogP) is 1.55. The number of piperidine rings is 1. The summed E-state index contributed by atoms with van der Waals surface area (Å²) in [5, 5.41) is 6.24. The number of aromatic nitrogens is 1. The first kappa shape index (κ1) is 16.4. The van der Waals surface area contributed by atoms with Crippen LogP contribution in [0.2, 0.25) is 0 Å². The molecule has 1 saturated heterocycles. The third-order valence-corrected chi connectivity index (χ3v) is 4.96. The van der Waals surface area contributed by atoms with Gasteiger partial charge in [0.15, 0.2) is 0 Å². The van der Waals surface area contributed by atoms with Gasteiger partial charge in [-0.3, -0.25) is 9.69 Å². The zero-order chi connectivity index (χ0) is 15.2. The van der Waals surface area contributed by atoms with Crippen LogP contribution < -0.4 is 11.1 Å². The van der Waals surface area contributed by atoms with Crippen LogP contribution in [0.3, 0.4) is 0 Å². The van der Waals surface area contributed by atoms with Gasteiger partial charge < -0.3 is 11.1 Å². The molecule has 5 nitrogen and oxygen atoms in total. The Morgan fingerprint density at radius 3 is 3.10 bits per heavy atom. The highest BCUT2D eigenvalue weighted by atomic mass is 32.1. The Kier molecular flexibility index (Phi) is 6.14. The standard InChI is InChI=1S/C15H26N4OS/c1-11(2)15-18-13(10-21-15)9-19-7-3-4-12(8-19)14(20)17-6-5-16/h10-12H,3-9,16H2,1-2H3,(H,17,20). The van der Waals surface area contributed by atoms with Crippen molar-refractivity contribution in [3.63, 3.8) is 0 Å². The molecular weight excluding hydrogens is 284 g/mol. The summed E-state index contributed by atoms with van der Waals surface area (Å²) in [6, 6.07) is 0. The molecule has 0 radical (unpaired) electrons. The van der Waals surface area contributed by atoms with E-state index in [1.807, 2.05) is 0 Å². The molecule has 0 aromatic carbocycles. The second kappa shape index (κ2) is 7.87. The first-order chi connectivity index (χ1) is 10.1. The Morgan fingerprint density at radius 2 is 2.43 bits per heavy atom. The van der Waals surface area contributed by atoms with Crippen molar-refractivity contribution in [2.45, 2.75) is 39.2 Å². The molecule has 1 aliphatic heterocycles. The number of thiazole rings is 1. The SMILES string of the molecule is CC(C)c1nc(CN2CCCC(C(=O)NCCN)C2)cs1. The predicted molar refractivity (Wildman–Crippen MR) is 86.3 cm³/mol. The summed E-state index contributed by atoms with van der Waals surface area (Å²) < 4.78 is 0. The molecule has 1 aromatic rings. The molecule has 1 unspecified atom stereocenters. The highest BCUT2D eigenvalue weighted by molar-refractivity contribution is 7.09. The highest BCUT2D eigenvalue weighted by Crippen LogP contribution is 2.22. The number of rotatable bonds is 6. The van der Waals surface area contributed by atoms with E-state index in [1.54, 1.807) is 11.3 Å². The van der Waals surface area contributed by atoms with Crippen LogP contribution in [0.4, 0.5) is 0 Å². The summed E-state index contributed by atoms with van der Waals surface area (Å²) in [6.07, 6.45) is 2.04. The van der Waals surface area contributed by atoms with E-state index in [-0.39, 0.29) is 11.8 Å². The summed E-state index contributed by atoms with van der Waals surface area (Å²) in [5.41, 5.74) is 6.56. The Morgan fingerprint density at radius 1 is 1.62 bits per heavy atom. The molecule has 3 N–H and O–H groups in total. The summed E-state index contributed by atoms with van der Waals surface area (Å²) >= 11 is 1.73. The molecule has 0 saturated carbocycles. The molecule has 1 aromatic heterocycles. The van der Waals surface area contributed by atoms with Crippen molar-refractivity contribution < 1.29 is 4.79 Å². The molecule has 118 valence electrons. The fourth-order valence-electron chi connectivity index (χ4n) is 2.64. The van der Waals surface area contributed by atoms with Crippen molar-refractivity contribution >= 4 is 17.2 Å². The molecule has 1 aliphatic rings. The normalized spacial score (nSPS) is 19.9. The molecule has 1 fully saturated rings. The number of nitrogens with one attached hydrogen (secondary N) is 1. The second-order valence-electron chi connectivity index (χ2n) is 5.99. The van der Waals surface area contributed by atoms with Gasteiger partial charge in [-0.25, -0.2) is 4.98 Å². The molecule has 21 heavy (non-hydrogen) atoms. The lowest BCUT2D eigenvalue weighted by molar-refractivity contribution is -0.126. The van der Waals surface area contributed by atoms with Crippen LogP contribution in [0, 0.1) is 5.92 Å². The quantitative estimate of drug-likeness (QED) is 0.836. The summed E-state index contributed by atoms with van der Waals surface area (Å²) in [5.74, 6) is 0.722.